The van der Waals surface area contributed by atoms with Gasteiger partial charge < -0.3 is 10.1 Å². The van der Waals surface area contributed by atoms with Crippen molar-refractivity contribution in [2.24, 2.45) is 0 Å². The summed E-state index contributed by atoms with van der Waals surface area (Å²) in [5.41, 5.74) is 2.32. The molecule has 116 valence electrons. The third kappa shape index (κ3) is 3.40. The molecule has 22 heavy (non-hydrogen) atoms. The van der Waals surface area contributed by atoms with Gasteiger partial charge in [-0.25, -0.2) is 0 Å². The Kier molecular flexibility index (Phi) is 4.93. The van der Waals surface area contributed by atoms with Crippen LogP contribution in [0.25, 0.3) is 0 Å². The average molecular weight is 318 g/mol. The van der Waals surface area contributed by atoms with Gasteiger partial charge in [-0.2, -0.15) is 0 Å². The maximum Gasteiger partial charge on any atom is 0.119 e. The zero-order valence-corrected chi connectivity index (χ0v) is 13.4. The lowest BCUT2D eigenvalue weighted by atomic mass is 10.0. The summed E-state index contributed by atoms with van der Waals surface area (Å²) in [6.45, 7) is 3.69. The van der Waals surface area contributed by atoms with Crippen molar-refractivity contribution in [2.75, 3.05) is 26.7 Å². The van der Waals surface area contributed by atoms with Gasteiger partial charge in [0.2, 0.25) is 0 Å². The van der Waals surface area contributed by atoms with Gasteiger partial charge in [-0.05, 0) is 35.4 Å². The average Bonchev–Trinajstić information content (AvgIpc) is 2.58. The number of rotatable bonds is 4. The molecule has 1 aliphatic rings. The number of methoxy groups -OCH3 is 1. The highest BCUT2D eigenvalue weighted by Crippen LogP contribution is 2.28. The molecule has 1 fully saturated rings. The van der Waals surface area contributed by atoms with Crippen molar-refractivity contribution in [3.8, 4) is 5.75 Å². The Morgan fingerprint density at radius 3 is 3.09 bits per heavy atom. The van der Waals surface area contributed by atoms with Crippen LogP contribution >= 0.6 is 11.6 Å². The largest absolute Gasteiger partial charge is 0.497 e. The van der Waals surface area contributed by atoms with Crippen LogP contribution in [0.5, 0.6) is 5.75 Å². The molecule has 0 radical (unpaired) electrons. The van der Waals surface area contributed by atoms with Crippen LogP contribution in [-0.4, -0.2) is 36.6 Å². The van der Waals surface area contributed by atoms with Crippen LogP contribution in [0, 0.1) is 0 Å². The molecule has 5 heteroatoms. The topological polar surface area (TPSA) is 37.4 Å². The zero-order valence-electron chi connectivity index (χ0n) is 12.6. The van der Waals surface area contributed by atoms with Crippen LogP contribution in [0.2, 0.25) is 5.02 Å². The Balaban J connectivity index is 1.83. The van der Waals surface area contributed by atoms with E-state index in [0.29, 0.717) is 6.04 Å². The number of nitrogens with one attached hydrogen (secondary N) is 1. The van der Waals surface area contributed by atoms with Crippen LogP contribution < -0.4 is 10.1 Å². The Bertz CT molecular complexity index is 621. The minimum atomic E-state index is 0.310. The van der Waals surface area contributed by atoms with E-state index in [-0.39, 0.29) is 0 Å². The summed E-state index contributed by atoms with van der Waals surface area (Å²) in [4.78, 5) is 6.68. The molecule has 1 atom stereocenters. The van der Waals surface area contributed by atoms with Gasteiger partial charge in [0.25, 0.3) is 0 Å². The fraction of sp³-hybridized carbons (Fsp3) is 0.353. The molecule has 1 aromatic heterocycles. The fourth-order valence-corrected chi connectivity index (χ4v) is 3.03. The van der Waals surface area contributed by atoms with Crippen LogP contribution in [0.1, 0.15) is 17.2 Å². The highest BCUT2D eigenvalue weighted by atomic mass is 35.5. The molecule has 1 saturated heterocycles. The molecular weight excluding hydrogens is 298 g/mol. The van der Waals surface area contributed by atoms with Crippen molar-refractivity contribution in [3.05, 3.63) is 58.9 Å². The first-order chi connectivity index (χ1) is 10.8. The molecule has 4 nitrogen and oxygen atoms in total. The first-order valence-corrected chi connectivity index (χ1v) is 7.83. The van der Waals surface area contributed by atoms with Gasteiger partial charge in [0.05, 0.1) is 7.11 Å². The van der Waals surface area contributed by atoms with Crippen molar-refractivity contribution in [2.45, 2.75) is 12.6 Å². The van der Waals surface area contributed by atoms with Crippen molar-refractivity contribution >= 4 is 11.6 Å². The number of ether oxygens (including phenoxy) is 1. The van der Waals surface area contributed by atoms with Crippen molar-refractivity contribution < 1.29 is 4.74 Å². The van der Waals surface area contributed by atoms with E-state index in [9.17, 15) is 0 Å². The quantitative estimate of drug-likeness (QED) is 0.941. The third-order valence-electron chi connectivity index (χ3n) is 4.05. The van der Waals surface area contributed by atoms with Crippen molar-refractivity contribution in [1.82, 2.24) is 15.2 Å². The van der Waals surface area contributed by atoms with Gasteiger partial charge >= 0.3 is 0 Å². The van der Waals surface area contributed by atoms with Gasteiger partial charge in [0.15, 0.2) is 0 Å². The molecule has 0 saturated carbocycles. The van der Waals surface area contributed by atoms with Gasteiger partial charge in [-0.1, -0.05) is 17.7 Å². The van der Waals surface area contributed by atoms with E-state index in [1.54, 1.807) is 7.11 Å². The number of benzene rings is 1. The Hall–Kier alpha value is -1.62. The van der Waals surface area contributed by atoms with E-state index in [1.807, 2.05) is 36.7 Å². The monoisotopic (exact) mass is 317 g/mol. The third-order valence-corrected chi connectivity index (χ3v) is 4.42. The number of hydrogen-bond acceptors (Lipinski definition) is 4. The maximum atomic E-state index is 6.36. The van der Waals surface area contributed by atoms with Gasteiger partial charge in [0, 0.05) is 49.6 Å². The molecule has 0 amide bonds. The lowest BCUT2D eigenvalue weighted by molar-refractivity contribution is 0.153. The molecule has 2 heterocycles. The minimum Gasteiger partial charge on any atom is -0.497 e. The van der Waals surface area contributed by atoms with Gasteiger partial charge in [-0.3, -0.25) is 9.88 Å². The van der Waals surface area contributed by atoms with Crippen LogP contribution in [0.4, 0.5) is 0 Å². The molecule has 1 N–H and O–H groups in total. The van der Waals surface area contributed by atoms with E-state index in [1.165, 1.54) is 5.56 Å². The van der Waals surface area contributed by atoms with Crippen LogP contribution in [0.3, 0.4) is 0 Å². The second-order valence-corrected chi connectivity index (χ2v) is 5.84. The predicted octanol–water partition coefficient (Wildman–Crippen LogP) is 2.89. The second-order valence-electron chi connectivity index (χ2n) is 5.43. The summed E-state index contributed by atoms with van der Waals surface area (Å²) in [7, 11) is 1.68. The van der Waals surface area contributed by atoms with E-state index in [4.69, 9.17) is 16.3 Å². The predicted molar refractivity (Wildman–Crippen MR) is 88.3 cm³/mol. The van der Waals surface area contributed by atoms with Gasteiger partial charge in [-0.15, -0.1) is 0 Å². The Morgan fingerprint density at radius 2 is 2.32 bits per heavy atom. The Labute approximate surface area is 136 Å². The summed E-state index contributed by atoms with van der Waals surface area (Å²) >= 11 is 6.36. The van der Waals surface area contributed by atoms with Gasteiger partial charge in [0.1, 0.15) is 5.75 Å². The molecule has 1 aromatic carbocycles. The van der Waals surface area contributed by atoms with E-state index >= 15 is 0 Å². The molecule has 3 rings (SSSR count). The molecule has 0 spiro atoms. The lowest BCUT2D eigenvalue weighted by Crippen LogP contribution is -2.45. The number of aromatic nitrogens is 1. The first kappa shape index (κ1) is 15.3. The summed E-state index contributed by atoms with van der Waals surface area (Å²) in [5, 5.41) is 4.24. The number of hydrogen-bond donors (Lipinski definition) is 1. The molecular formula is C17H20ClN3O. The summed E-state index contributed by atoms with van der Waals surface area (Å²) < 4.78 is 5.31. The van der Waals surface area contributed by atoms with Crippen molar-refractivity contribution in [3.63, 3.8) is 0 Å². The fourth-order valence-electron chi connectivity index (χ4n) is 2.86. The summed E-state index contributed by atoms with van der Waals surface area (Å²) in [5.74, 6) is 0.840. The van der Waals surface area contributed by atoms with Crippen LogP contribution in [0.15, 0.2) is 42.7 Å². The number of nitrogens with zero attached hydrogens (tertiary/aromatic N) is 2. The maximum absolute atomic E-state index is 6.36. The summed E-state index contributed by atoms with van der Waals surface area (Å²) in [6, 6.07) is 10.2. The Morgan fingerprint density at radius 1 is 1.41 bits per heavy atom. The minimum absolute atomic E-state index is 0.310. The first-order valence-electron chi connectivity index (χ1n) is 7.45. The molecule has 0 bridgehead atoms. The molecule has 0 aliphatic carbocycles. The van der Waals surface area contributed by atoms with E-state index in [0.717, 1.165) is 42.5 Å². The highest BCUT2D eigenvalue weighted by molar-refractivity contribution is 6.31. The van der Waals surface area contributed by atoms with E-state index in [2.05, 4.69) is 21.3 Å². The summed E-state index contributed by atoms with van der Waals surface area (Å²) in [6.07, 6.45) is 3.75. The molecule has 2 aromatic rings. The number of halogens is 1. The van der Waals surface area contributed by atoms with E-state index < -0.39 is 0 Å². The normalized spacial score (nSPS) is 19.1. The molecule has 1 aliphatic heterocycles. The molecule has 1 unspecified atom stereocenters. The second kappa shape index (κ2) is 7.09. The number of pyridine rings is 1. The SMILES string of the molecule is COc1ccc(Cl)c(CN2CCNCC2c2cccnc2)c1. The zero-order chi connectivity index (χ0) is 15.4. The van der Waals surface area contributed by atoms with Crippen LogP contribution in [-0.2, 0) is 6.54 Å². The number of piperazine rings is 1. The standard InChI is InChI=1S/C17H20ClN3O/c1-22-15-4-5-16(18)14(9-15)12-21-8-7-20-11-17(21)13-3-2-6-19-10-13/h2-6,9-10,17,20H,7-8,11-12H2,1H3. The van der Waals surface area contributed by atoms with Crippen molar-refractivity contribution in [1.29, 1.82) is 0 Å². The lowest BCUT2D eigenvalue weighted by Gasteiger charge is -2.36. The smallest absolute Gasteiger partial charge is 0.119 e. The highest BCUT2D eigenvalue weighted by Gasteiger charge is 2.24.